The van der Waals surface area contributed by atoms with E-state index in [4.69, 9.17) is 37.9 Å². The second kappa shape index (κ2) is 33.1. The number of rotatable bonds is 23. The molecule has 23 nitrogen and oxygen atoms in total. The molecule has 0 saturated heterocycles. The van der Waals surface area contributed by atoms with Crippen molar-refractivity contribution >= 4 is 5.91 Å². The number of likely N-dealkylation sites (N-methyl/N-ethyl adjacent to an activating group) is 1. The lowest BCUT2D eigenvalue weighted by Crippen LogP contribution is -2.43. The maximum Gasteiger partial charge on any atom is 0.333 e. The maximum absolute atomic E-state index is 12.6. The van der Waals surface area contributed by atoms with Gasteiger partial charge in [0.05, 0.1) is 26.4 Å². The van der Waals surface area contributed by atoms with E-state index in [2.05, 4.69) is 13.5 Å². The minimum atomic E-state index is -0.482. The van der Waals surface area contributed by atoms with Crippen LogP contribution in [0.5, 0.6) is 0 Å². The molecule has 8 rings (SSSR count). The molecule has 0 saturated carbocycles. The molecule has 0 fully saturated rings. The number of unbranched alkanes of at least 4 members (excludes halogenated alkanes) is 2. The molecule has 3 aromatic heterocycles. The van der Waals surface area contributed by atoms with Gasteiger partial charge < -0.3 is 42.8 Å². The van der Waals surface area contributed by atoms with Crippen LogP contribution < -0.4 is 33.7 Å². The van der Waals surface area contributed by atoms with Gasteiger partial charge in [0, 0.05) is 101 Å². The van der Waals surface area contributed by atoms with Gasteiger partial charge in [0.2, 0.25) is 0 Å². The largest absolute Gasteiger partial charge is 0.382 e. The van der Waals surface area contributed by atoms with Crippen molar-refractivity contribution in [2.75, 3.05) is 60.9 Å². The molecule has 0 aromatic carbocycles. The normalized spacial score (nSPS) is 22.4. The molecule has 5 aliphatic rings. The summed E-state index contributed by atoms with van der Waals surface area (Å²) in [6.07, 6.45) is 24.9. The molecular weight excluding hydrogens is 1070 g/mol. The number of aromatic nitrogens is 6. The molecular formula is C60H88N8O15. The van der Waals surface area contributed by atoms with Crippen molar-refractivity contribution in [3.8, 4) is 0 Å². The highest BCUT2D eigenvalue weighted by Gasteiger charge is 2.32. The van der Waals surface area contributed by atoms with E-state index in [1.54, 1.807) is 86.8 Å². The molecule has 0 N–H and O–H groups in total. The first-order chi connectivity index (χ1) is 39.8. The van der Waals surface area contributed by atoms with Crippen LogP contribution in [0.2, 0.25) is 0 Å². The van der Waals surface area contributed by atoms with Crippen LogP contribution >= 0.6 is 0 Å². The number of amides is 1. The van der Waals surface area contributed by atoms with E-state index < -0.39 is 18.7 Å². The third kappa shape index (κ3) is 17.7. The van der Waals surface area contributed by atoms with Gasteiger partial charge in [-0.3, -0.25) is 51.5 Å². The fourth-order valence-electron chi connectivity index (χ4n) is 9.23. The Morgan fingerprint density at radius 3 is 1.30 bits per heavy atom. The van der Waals surface area contributed by atoms with Crippen LogP contribution in [0.3, 0.4) is 0 Å². The Balaban J connectivity index is 0.000000204. The molecule has 0 bridgehead atoms. The molecule has 458 valence electrons. The third-order valence-electron chi connectivity index (χ3n) is 13.8. The first kappa shape index (κ1) is 67.2. The SMILES string of the molecule is C=C1N(C)C(=O)C(C)=CN1[C@H]1C=C[C@@H](COC)O1.CCCCOC[C@@H]1C=C[C@H](n2cc(C)c(=O)n(CCCC)c2=O)O1.CCCOC[C@@H]1C=C[C@H](n2cc(C)c(=O)n(CCC)c2=O)O1.CCn1c(=O)c(C)cn([C@H]2C=C[C@@H](COC)O2)c1=O. The topological polar surface area (TPSA) is 229 Å². The first-order valence-electron chi connectivity index (χ1n) is 28.7. The van der Waals surface area contributed by atoms with E-state index in [9.17, 15) is 33.6 Å². The van der Waals surface area contributed by atoms with Crippen molar-refractivity contribution in [1.29, 1.82) is 0 Å². The molecule has 83 heavy (non-hydrogen) atoms. The smallest absolute Gasteiger partial charge is 0.333 e. The minimum absolute atomic E-state index is 0.0355. The highest BCUT2D eigenvalue weighted by Crippen LogP contribution is 2.27. The number of nitrogens with zero attached hydrogens (tertiary/aromatic N) is 8. The summed E-state index contributed by atoms with van der Waals surface area (Å²) in [4.78, 5) is 88.5. The Bertz CT molecular complexity index is 3180. The zero-order chi connectivity index (χ0) is 60.9. The van der Waals surface area contributed by atoms with E-state index >= 15 is 0 Å². The Morgan fingerprint density at radius 1 is 0.482 bits per heavy atom. The van der Waals surface area contributed by atoms with Gasteiger partial charge in [0.15, 0.2) is 24.9 Å². The van der Waals surface area contributed by atoms with E-state index in [1.807, 2.05) is 68.2 Å². The lowest BCUT2D eigenvalue weighted by molar-refractivity contribution is -0.127. The van der Waals surface area contributed by atoms with Gasteiger partial charge in [-0.2, -0.15) is 0 Å². The van der Waals surface area contributed by atoms with Gasteiger partial charge in [0.25, 0.3) is 22.6 Å². The monoisotopic (exact) mass is 1160 g/mol. The molecule has 8 heterocycles. The molecule has 23 heteroatoms. The number of carbonyl (C=O) groups is 1. The van der Waals surface area contributed by atoms with Crippen LogP contribution in [0, 0.1) is 20.8 Å². The number of hydrogen-bond acceptors (Lipinski definition) is 16. The Hall–Kier alpha value is -6.57. The fraction of sp³-hybridized carbons (Fsp3) is 0.583. The summed E-state index contributed by atoms with van der Waals surface area (Å²) in [7, 11) is 4.94. The molecule has 0 spiro atoms. The number of ether oxygens (including phenoxy) is 8. The average Bonchev–Trinajstić information content (AvgIpc) is 4.54. The summed E-state index contributed by atoms with van der Waals surface area (Å²) in [6.45, 7) is 25.3. The lowest BCUT2D eigenvalue weighted by Gasteiger charge is -2.37. The summed E-state index contributed by atoms with van der Waals surface area (Å²) in [5.74, 6) is 0.574. The third-order valence-corrected chi connectivity index (χ3v) is 13.8. The van der Waals surface area contributed by atoms with Crippen LogP contribution in [0.4, 0.5) is 0 Å². The second-order valence-corrected chi connectivity index (χ2v) is 20.5. The standard InChI is InChI=1S/C18H28N2O4.C16H24N2O4.C13H18N2O4.C13H18N2O3/c1-4-6-10-19-17(21)14(3)12-20(18(19)22)16-9-8-15(24-16)13-23-11-7-5-2;1-4-8-17-15(19)12(3)10-18(16(17)20)14-7-6-13(22-14)11-21-9-5-2;1-4-14-12(16)9(2)7-15(13(14)17)11-6-5-10(19-11)8-18-3;1-9-7-15(10(2)14(3)13(9)16)12-6-5-11(18-12)8-17-4/h8-9,12,15-16H,4-7,10-11,13H2,1-3H3;6-7,10,13-14H,4-5,8-9,11H2,1-3H3;5-7,10-11H,4,8H2,1-3H3;5-7,11-12H,2,8H2,1,3-4H3/t15-,16+;13-,14+;10-,11+;11-,12+/m0000/s1. The second-order valence-electron chi connectivity index (χ2n) is 20.5. The first-order valence-corrected chi connectivity index (χ1v) is 28.7. The van der Waals surface area contributed by atoms with E-state index in [1.165, 1.54) is 32.3 Å². The van der Waals surface area contributed by atoms with Crippen molar-refractivity contribution in [2.24, 2.45) is 0 Å². The summed E-state index contributed by atoms with van der Waals surface area (Å²) < 4.78 is 52.4. The molecule has 5 aliphatic heterocycles. The summed E-state index contributed by atoms with van der Waals surface area (Å²) in [5.41, 5.74) is 0.569. The number of aryl methyl sites for hydroxylation is 3. The van der Waals surface area contributed by atoms with Crippen LogP contribution in [0.25, 0.3) is 0 Å². The van der Waals surface area contributed by atoms with Crippen molar-refractivity contribution in [3.63, 3.8) is 0 Å². The predicted octanol–water partition coefficient (Wildman–Crippen LogP) is 5.50. The van der Waals surface area contributed by atoms with E-state index in [0.29, 0.717) is 80.8 Å². The molecule has 8 atom stereocenters. The Kier molecular flexibility index (Phi) is 26.8. The molecule has 0 unspecified atom stereocenters. The minimum Gasteiger partial charge on any atom is -0.382 e. The van der Waals surface area contributed by atoms with Crippen molar-refractivity contribution < 1.29 is 42.7 Å². The van der Waals surface area contributed by atoms with Crippen LogP contribution in [-0.2, 0) is 62.3 Å². The number of hydrogen-bond donors (Lipinski definition) is 0. The van der Waals surface area contributed by atoms with Crippen molar-refractivity contribution in [3.05, 3.63) is 171 Å². The van der Waals surface area contributed by atoms with E-state index in [0.717, 1.165) is 45.1 Å². The van der Waals surface area contributed by atoms with Gasteiger partial charge in [-0.05, 0) is 84.6 Å². The zero-order valence-electron chi connectivity index (χ0n) is 50.6. The van der Waals surface area contributed by atoms with Gasteiger partial charge in [-0.1, -0.05) is 71.4 Å². The highest BCUT2D eigenvalue weighted by atomic mass is 16.6. The predicted molar refractivity (Wildman–Crippen MR) is 315 cm³/mol. The van der Waals surface area contributed by atoms with Gasteiger partial charge in [0.1, 0.15) is 30.2 Å². The summed E-state index contributed by atoms with van der Waals surface area (Å²) in [5, 5.41) is 0. The molecule has 0 radical (unpaired) electrons. The maximum atomic E-state index is 12.6. The van der Waals surface area contributed by atoms with Gasteiger partial charge in [-0.25, -0.2) is 14.4 Å². The van der Waals surface area contributed by atoms with Crippen molar-refractivity contribution in [1.82, 2.24) is 37.2 Å². The zero-order valence-corrected chi connectivity index (χ0v) is 50.6. The quantitative estimate of drug-likeness (QED) is 0.0843. The van der Waals surface area contributed by atoms with E-state index in [-0.39, 0.29) is 70.3 Å². The fourth-order valence-corrected chi connectivity index (χ4v) is 9.23. The van der Waals surface area contributed by atoms with Crippen LogP contribution in [0.1, 0.15) is 115 Å². The number of methoxy groups -OCH3 is 2. The molecule has 0 aliphatic carbocycles. The Labute approximate surface area is 485 Å². The van der Waals surface area contributed by atoms with Crippen molar-refractivity contribution in [2.45, 2.75) is 170 Å². The average molecular weight is 1160 g/mol. The summed E-state index contributed by atoms with van der Waals surface area (Å²) >= 11 is 0. The lowest BCUT2D eigenvalue weighted by atomic mass is 10.2. The Morgan fingerprint density at radius 2 is 0.880 bits per heavy atom. The number of carbonyl (C=O) groups excluding carboxylic acids is 1. The van der Waals surface area contributed by atoms with Gasteiger partial charge in [-0.15, -0.1) is 0 Å². The summed E-state index contributed by atoms with van der Waals surface area (Å²) in [6, 6.07) is 0. The van der Waals surface area contributed by atoms with Crippen LogP contribution in [0.15, 0.2) is 120 Å². The van der Waals surface area contributed by atoms with Crippen LogP contribution in [-0.4, -0.2) is 135 Å². The highest BCUT2D eigenvalue weighted by molar-refractivity contribution is 5.94. The molecule has 1 amide bonds. The molecule has 3 aromatic rings. The van der Waals surface area contributed by atoms with Gasteiger partial charge >= 0.3 is 17.1 Å².